The van der Waals surface area contributed by atoms with Crippen molar-refractivity contribution >= 4 is 15.7 Å². The van der Waals surface area contributed by atoms with Gasteiger partial charge in [0, 0.05) is 25.3 Å². The number of sulfone groups is 1. The minimum atomic E-state index is -3.01. The fourth-order valence-corrected chi connectivity index (χ4v) is 5.09. The first-order valence-corrected chi connectivity index (χ1v) is 9.97. The van der Waals surface area contributed by atoms with Crippen LogP contribution in [0.3, 0.4) is 0 Å². The molecule has 0 saturated carbocycles. The van der Waals surface area contributed by atoms with Crippen LogP contribution in [0.2, 0.25) is 0 Å². The standard InChI is InChI=1S/C18H22N2O3S/c1-3-20(15-11-12-24(22,23)13-15)18(21)17-10-9-16(19(17)2)14-7-5-4-6-8-14/h4-10,15H,3,11-13H2,1-2H3/t15-/m0/s1. The highest BCUT2D eigenvalue weighted by atomic mass is 32.2. The average molecular weight is 346 g/mol. The van der Waals surface area contributed by atoms with E-state index in [0.29, 0.717) is 18.7 Å². The monoisotopic (exact) mass is 346 g/mol. The molecule has 1 amide bonds. The van der Waals surface area contributed by atoms with Gasteiger partial charge in [-0.1, -0.05) is 30.3 Å². The van der Waals surface area contributed by atoms with Crippen molar-refractivity contribution in [2.75, 3.05) is 18.1 Å². The van der Waals surface area contributed by atoms with Crippen LogP contribution in [0.1, 0.15) is 23.8 Å². The van der Waals surface area contributed by atoms with Gasteiger partial charge in [0.25, 0.3) is 5.91 Å². The first-order chi connectivity index (χ1) is 11.4. The number of amides is 1. The quantitative estimate of drug-likeness (QED) is 0.854. The minimum absolute atomic E-state index is 0.0720. The molecule has 0 aliphatic carbocycles. The highest BCUT2D eigenvalue weighted by Gasteiger charge is 2.34. The lowest BCUT2D eigenvalue weighted by atomic mass is 10.2. The molecule has 1 fully saturated rings. The van der Waals surface area contributed by atoms with Crippen molar-refractivity contribution in [1.29, 1.82) is 0 Å². The molecule has 5 nitrogen and oxygen atoms in total. The molecule has 1 aliphatic heterocycles. The molecule has 0 radical (unpaired) electrons. The summed E-state index contributed by atoms with van der Waals surface area (Å²) < 4.78 is 25.3. The lowest BCUT2D eigenvalue weighted by Crippen LogP contribution is -2.41. The summed E-state index contributed by atoms with van der Waals surface area (Å²) in [6.45, 7) is 2.40. The summed E-state index contributed by atoms with van der Waals surface area (Å²) in [6.07, 6.45) is 0.526. The molecule has 2 aromatic rings. The minimum Gasteiger partial charge on any atom is -0.340 e. The summed E-state index contributed by atoms with van der Waals surface area (Å²) in [4.78, 5) is 14.6. The summed E-state index contributed by atoms with van der Waals surface area (Å²) in [5.74, 6) is 0.135. The van der Waals surface area contributed by atoms with Crippen LogP contribution in [0.4, 0.5) is 0 Å². The largest absolute Gasteiger partial charge is 0.340 e. The van der Waals surface area contributed by atoms with Gasteiger partial charge in [0.2, 0.25) is 0 Å². The predicted molar refractivity (Wildman–Crippen MR) is 94.6 cm³/mol. The summed E-state index contributed by atoms with van der Waals surface area (Å²) in [6, 6.07) is 13.4. The van der Waals surface area contributed by atoms with E-state index in [2.05, 4.69) is 0 Å². The highest BCUT2D eigenvalue weighted by molar-refractivity contribution is 7.91. The van der Waals surface area contributed by atoms with Gasteiger partial charge in [-0.15, -0.1) is 0 Å². The van der Waals surface area contributed by atoms with Crippen LogP contribution in [0.5, 0.6) is 0 Å². The van der Waals surface area contributed by atoms with Gasteiger partial charge in [-0.05, 0) is 31.0 Å². The van der Waals surface area contributed by atoms with Crippen molar-refractivity contribution in [2.45, 2.75) is 19.4 Å². The Kier molecular flexibility index (Phi) is 4.49. The number of rotatable bonds is 4. The van der Waals surface area contributed by atoms with Crippen molar-refractivity contribution in [3.8, 4) is 11.3 Å². The summed E-state index contributed by atoms with van der Waals surface area (Å²) in [5, 5.41) is 0. The van der Waals surface area contributed by atoms with Crippen molar-refractivity contribution in [3.63, 3.8) is 0 Å². The summed E-state index contributed by atoms with van der Waals surface area (Å²) in [5.41, 5.74) is 2.60. The predicted octanol–water partition coefficient (Wildman–Crippen LogP) is 2.34. The molecular weight excluding hydrogens is 324 g/mol. The first kappa shape index (κ1) is 16.8. The van der Waals surface area contributed by atoms with Crippen LogP contribution in [0, 0.1) is 0 Å². The molecule has 0 spiro atoms. The molecule has 1 aliphatic rings. The molecule has 0 unspecified atom stereocenters. The van der Waals surface area contributed by atoms with E-state index in [1.807, 2.05) is 61.0 Å². The lowest BCUT2D eigenvalue weighted by Gasteiger charge is -2.27. The molecule has 1 saturated heterocycles. The van der Waals surface area contributed by atoms with E-state index in [9.17, 15) is 13.2 Å². The normalized spacial score (nSPS) is 19.3. The number of hydrogen-bond donors (Lipinski definition) is 0. The van der Waals surface area contributed by atoms with E-state index >= 15 is 0 Å². The molecule has 24 heavy (non-hydrogen) atoms. The van der Waals surface area contributed by atoms with E-state index in [1.54, 1.807) is 4.90 Å². The summed E-state index contributed by atoms with van der Waals surface area (Å²) >= 11 is 0. The van der Waals surface area contributed by atoms with Crippen LogP contribution in [0.15, 0.2) is 42.5 Å². The number of aromatic nitrogens is 1. The van der Waals surface area contributed by atoms with Gasteiger partial charge in [-0.25, -0.2) is 8.42 Å². The first-order valence-electron chi connectivity index (χ1n) is 8.15. The van der Waals surface area contributed by atoms with Gasteiger partial charge in [-0.3, -0.25) is 4.79 Å². The second-order valence-electron chi connectivity index (χ2n) is 6.18. The topological polar surface area (TPSA) is 59.4 Å². The molecule has 6 heteroatoms. The van der Waals surface area contributed by atoms with Gasteiger partial charge >= 0.3 is 0 Å². The van der Waals surface area contributed by atoms with Gasteiger partial charge in [-0.2, -0.15) is 0 Å². The van der Waals surface area contributed by atoms with Gasteiger partial charge < -0.3 is 9.47 Å². The van der Waals surface area contributed by atoms with Crippen LogP contribution in [-0.4, -0.2) is 47.9 Å². The van der Waals surface area contributed by atoms with E-state index in [-0.39, 0.29) is 23.5 Å². The van der Waals surface area contributed by atoms with Gasteiger partial charge in [0.15, 0.2) is 9.84 Å². The fraction of sp³-hybridized carbons (Fsp3) is 0.389. The number of hydrogen-bond acceptors (Lipinski definition) is 3. The maximum absolute atomic E-state index is 12.9. The Balaban J connectivity index is 1.88. The van der Waals surface area contributed by atoms with Crippen molar-refractivity contribution < 1.29 is 13.2 Å². The van der Waals surface area contributed by atoms with E-state index in [4.69, 9.17) is 0 Å². The van der Waals surface area contributed by atoms with Crippen LogP contribution in [-0.2, 0) is 16.9 Å². The zero-order chi connectivity index (χ0) is 17.3. The summed E-state index contributed by atoms with van der Waals surface area (Å²) in [7, 11) is -1.15. The Hall–Kier alpha value is -2.08. The lowest BCUT2D eigenvalue weighted by molar-refractivity contribution is 0.0699. The number of nitrogens with zero attached hydrogens (tertiary/aromatic N) is 2. The molecule has 0 N–H and O–H groups in total. The van der Waals surface area contributed by atoms with Crippen LogP contribution < -0.4 is 0 Å². The zero-order valence-corrected chi connectivity index (χ0v) is 14.8. The molecule has 0 bridgehead atoms. The van der Waals surface area contributed by atoms with Crippen molar-refractivity contribution in [1.82, 2.24) is 9.47 Å². The molecule has 2 heterocycles. The van der Waals surface area contributed by atoms with E-state index in [0.717, 1.165) is 11.3 Å². The Labute approximate surface area is 142 Å². The van der Waals surface area contributed by atoms with Crippen LogP contribution >= 0.6 is 0 Å². The average Bonchev–Trinajstić information content (AvgIpc) is 3.11. The molecule has 1 aromatic heterocycles. The Morgan fingerprint density at radius 2 is 1.92 bits per heavy atom. The molecule has 3 rings (SSSR count). The van der Waals surface area contributed by atoms with Crippen LogP contribution in [0.25, 0.3) is 11.3 Å². The molecule has 1 aromatic carbocycles. The second kappa shape index (κ2) is 6.43. The SMILES string of the molecule is CCN(C(=O)c1ccc(-c2ccccc2)n1C)[C@H]1CCS(=O)(=O)C1. The maximum atomic E-state index is 12.9. The van der Waals surface area contributed by atoms with E-state index < -0.39 is 9.84 Å². The van der Waals surface area contributed by atoms with Gasteiger partial charge in [0.1, 0.15) is 5.69 Å². The number of carbonyl (C=O) groups excluding carboxylic acids is 1. The fourth-order valence-electron chi connectivity index (χ4n) is 3.36. The van der Waals surface area contributed by atoms with Gasteiger partial charge in [0.05, 0.1) is 11.5 Å². The Morgan fingerprint density at radius 1 is 1.21 bits per heavy atom. The zero-order valence-electron chi connectivity index (χ0n) is 14.0. The maximum Gasteiger partial charge on any atom is 0.270 e. The third-order valence-electron chi connectivity index (χ3n) is 4.66. The molecule has 128 valence electrons. The number of benzene rings is 1. The number of carbonyl (C=O) groups is 1. The van der Waals surface area contributed by atoms with Crippen molar-refractivity contribution in [2.24, 2.45) is 7.05 Å². The molecular formula is C18H22N2O3S. The van der Waals surface area contributed by atoms with E-state index in [1.165, 1.54) is 0 Å². The third kappa shape index (κ3) is 3.11. The molecule has 1 atom stereocenters. The Morgan fingerprint density at radius 3 is 2.50 bits per heavy atom. The second-order valence-corrected chi connectivity index (χ2v) is 8.41. The smallest absolute Gasteiger partial charge is 0.270 e. The third-order valence-corrected chi connectivity index (χ3v) is 6.41. The highest BCUT2D eigenvalue weighted by Crippen LogP contribution is 2.24. The Bertz CT molecular complexity index is 840. The van der Waals surface area contributed by atoms with Crippen molar-refractivity contribution in [3.05, 3.63) is 48.2 Å².